The molecule has 0 radical (unpaired) electrons. The molecule has 1 rings (SSSR count). The molecule has 0 aliphatic heterocycles. The summed E-state index contributed by atoms with van der Waals surface area (Å²) in [5, 5.41) is 8.69. The zero-order chi connectivity index (χ0) is 14.8. The average Bonchev–Trinajstić information content (AvgIpc) is 2.45. The van der Waals surface area contributed by atoms with E-state index in [-0.39, 0.29) is 6.42 Å². The van der Waals surface area contributed by atoms with E-state index >= 15 is 0 Å². The van der Waals surface area contributed by atoms with Crippen LogP contribution < -0.4 is 9.47 Å². The van der Waals surface area contributed by atoms with Gasteiger partial charge >= 0.3 is 5.97 Å². The number of carboxylic acid groups (broad SMARTS) is 1. The summed E-state index contributed by atoms with van der Waals surface area (Å²) in [7, 11) is 1.60. The number of hydrogen-bond donors (Lipinski definition) is 1. The molecule has 4 heteroatoms. The van der Waals surface area contributed by atoms with Gasteiger partial charge in [-0.25, -0.2) is 0 Å². The van der Waals surface area contributed by atoms with Crippen molar-refractivity contribution in [3.8, 4) is 11.5 Å². The summed E-state index contributed by atoms with van der Waals surface area (Å²) in [4.78, 5) is 10.6. The van der Waals surface area contributed by atoms with Crippen LogP contribution in [0.2, 0.25) is 0 Å². The molecule has 0 saturated heterocycles. The summed E-state index contributed by atoms with van der Waals surface area (Å²) >= 11 is 0. The minimum absolute atomic E-state index is 0.125. The molecule has 0 aliphatic rings. The molecule has 0 bridgehead atoms. The smallest absolute Gasteiger partial charge is 0.303 e. The van der Waals surface area contributed by atoms with Crippen molar-refractivity contribution in [2.45, 2.75) is 45.4 Å². The number of carboxylic acids is 1. The number of benzene rings is 1. The van der Waals surface area contributed by atoms with Crippen molar-refractivity contribution in [1.82, 2.24) is 0 Å². The molecule has 0 heterocycles. The van der Waals surface area contributed by atoms with Crippen molar-refractivity contribution >= 4 is 5.97 Å². The minimum Gasteiger partial charge on any atom is -0.493 e. The topological polar surface area (TPSA) is 55.8 Å². The number of unbranched alkanes of at least 4 members (excludes halogenated alkanes) is 3. The predicted molar refractivity (Wildman–Crippen MR) is 78.6 cm³/mol. The molecule has 0 aromatic heterocycles. The van der Waals surface area contributed by atoms with Gasteiger partial charge < -0.3 is 14.6 Å². The Morgan fingerprint density at radius 3 is 2.65 bits per heavy atom. The van der Waals surface area contributed by atoms with Crippen LogP contribution in [-0.4, -0.2) is 24.8 Å². The third kappa shape index (κ3) is 5.95. The summed E-state index contributed by atoms with van der Waals surface area (Å²) in [6.45, 7) is 2.87. The average molecular weight is 280 g/mol. The number of carbonyl (C=O) groups is 1. The molecule has 0 spiro atoms. The van der Waals surface area contributed by atoms with Crippen LogP contribution >= 0.6 is 0 Å². The molecule has 0 unspecified atom stereocenters. The van der Waals surface area contributed by atoms with Gasteiger partial charge in [-0.3, -0.25) is 4.79 Å². The molecule has 0 amide bonds. The normalized spacial score (nSPS) is 10.3. The summed E-state index contributed by atoms with van der Waals surface area (Å²) in [5.41, 5.74) is 0.947. The van der Waals surface area contributed by atoms with Crippen LogP contribution in [0.25, 0.3) is 0 Å². The third-order valence-electron chi connectivity index (χ3n) is 3.11. The second kappa shape index (κ2) is 9.23. The highest BCUT2D eigenvalue weighted by atomic mass is 16.5. The Hall–Kier alpha value is -1.71. The lowest BCUT2D eigenvalue weighted by Gasteiger charge is -2.12. The van der Waals surface area contributed by atoms with Crippen molar-refractivity contribution in [2.24, 2.45) is 0 Å². The highest BCUT2D eigenvalue weighted by Crippen LogP contribution is 2.28. The minimum atomic E-state index is -0.791. The van der Waals surface area contributed by atoms with Crippen LogP contribution in [0.15, 0.2) is 18.2 Å². The van der Waals surface area contributed by atoms with E-state index in [1.807, 2.05) is 18.2 Å². The molecular formula is C16H24O4. The van der Waals surface area contributed by atoms with Crippen molar-refractivity contribution in [3.05, 3.63) is 23.8 Å². The van der Waals surface area contributed by atoms with Gasteiger partial charge in [-0.2, -0.15) is 0 Å². The summed E-state index contributed by atoms with van der Waals surface area (Å²) in [6.07, 6.45) is 5.28. The van der Waals surface area contributed by atoms with Crippen molar-refractivity contribution in [2.75, 3.05) is 13.7 Å². The molecule has 0 saturated carbocycles. The fourth-order valence-electron chi connectivity index (χ4n) is 1.95. The maximum atomic E-state index is 10.6. The summed E-state index contributed by atoms with van der Waals surface area (Å²) < 4.78 is 11.0. The largest absolute Gasteiger partial charge is 0.493 e. The predicted octanol–water partition coefficient (Wildman–Crippen LogP) is 3.67. The first-order valence-corrected chi connectivity index (χ1v) is 7.19. The van der Waals surface area contributed by atoms with Gasteiger partial charge in [-0.05, 0) is 30.5 Å². The quantitative estimate of drug-likeness (QED) is 0.664. The number of rotatable bonds is 10. The van der Waals surface area contributed by atoms with Gasteiger partial charge in [0.2, 0.25) is 0 Å². The number of ether oxygens (including phenoxy) is 2. The van der Waals surface area contributed by atoms with Crippen LogP contribution in [0.5, 0.6) is 11.5 Å². The first-order valence-electron chi connectivity index (χ1n) is 7.19. The second-order valence-electron chi connectivity index (χ2n) is 4.79. The Balaban J connectivity index is 2.52. The van der Waals surface area contributed by atoms with E-state index in [2.05, 4.69) is 6.92 Å². The monoisotopic (exact) mass is 280 g/mol. The van der Waals surface area contributed by atoms with Crippen LogP contribution in [0.4, 0.5) is 0 Å². The SMILES string of the molecule is CCCCCCOc1ccc(CCC(=O)O)cc1OC. The molecular weight excluding hydrogens is 256 g/mol. The van der Waals surface area contributed by atoms with Gasteiger partial charge in [0.1, 0.15) is 0 Å². The van der Waals surface area contributed by atoms with Gasteiger partial charge in [0, 0.05) is 6.42 Å². The van der Waals surface area contributed by atoms with E-state index < -0.39 is 5.97 Å². The van der Waals surface area contributed by atoms with Crippen molar-refractivity contribution in [3.63, 3.8) is 0 Å². The molecule has 0 atom stereocenters. The molecule has 112 valence electrons. The molecule has 0 aliphatic carbocycles. The highest BCUT2D eigenvalue weighted by Gasteiger charge is 2.07. The fourth-order valence-corrected chi connectivity index (χ4v) is 1.95. The maximum Gasteiger partial charge on any atom is 0.303 e. The Bertz CT molecular complexity index is 415. The van der Waals surface area contributed by atoms with Gasteiger partial charge in [0.15, 0.2) is 11.5 Å². The third-order valence-corrected chi connectivity index (χ3v) is 3.11. The van der Waals surface area contributed by atoms with E-state index in [1.165, 1.54) is 19.3 Å². The number of hydrogen-bond acceptors (Lipinski definition) is 3. The molecule has 20 heavy (non-hydrogen) atoms. The van der Waals surface area contributed by atoms with Gasteiger partial charge in [0.25, 0.3) is 0 Å². The van der Waals surface area contributed by atoms with Crippen molar-refractivity contribution in [1.29, 1.82) is 0 Å². The van der Waals surface area contributed by atoms with Gasteiger partial charge in [0.05, 0.1) is 13.7 Å². The van der Waals surface area contributed by atoms with Crippen LogP contribution in [0.3, 0.4) is 0 Å². The van der Waals surface area contributed by atoms with E-state index in [4.69, 9.17) is 14.6 Å². The lowest BCUT2D eigenvalue weighted by Crippen LogP contribution is -2.01. The molecule has 1 aromatic carbocycles. The van der Waals surface area contributed by atoms with Crippen molar-refractivity contribution < 1.29 is 19.4 Å². The lowest BCUT2D eigenvalue weighted by molar-refractivity contribution is -0.136. The number of aryl methyl sites for hydroxylation is 1. The first-order chi connectivity index (χ1) is 9.67. The molecule has 1 aromatic rings. The van der Waals surface area contributed by atoms with Gasteiger partial charge in [-0.15, -0.1) is 0 Å². The Kier molecular flexibility index (Phi) is 7.55. The zero-order valence-electron chi connectivity index (χ0n) is 12.4. The summed E-state index contributed by atoms with van der Waals surface area (Å²) in [5.74, 6) is 0.603. The van der Waals surface area contributed by atoms with E-state index in [9.17, 15) is 4.79 Å². The zero-order valence-corrected chi connectivity index (χ0v) is 12.4. The van der Waals surface area contributed by atoms with E-state index in [1.54, 1.807) is 7.11 Å². The standard InChI is InChI=1S/C16H24O4/c1-3-4-5-6-11-20-14-9-7-13(8-10-16(17)18)12-15(14)19-2/h7,9,12H,3-6,8,10-11H2,1-2H3,(H,17,18). The molecule has 1 N–H and O–H groups in total. The van der Waals surface area contributed by atoms with Crippen LogP contribution in [-0.2, 0) is 11.2 Å². The van der Waals surface area contributed by atoms with Gasteiger partial charge in [-0.1, -0.05) is 32.3 Å². The van der Waals surface area contributed by atoms with E-state index in [0.717, 1.165) is 17.7 Å². The van der Waals surface area contributed by atoms with Crippen LogP contribution in [0, 0.1) is 0 Å². The Labute approximate surface area is 120 Å². The molecule has 0 fully saturated rings. The number of methoxy groups -OCH3 is 1. The summed E-state index contributed by atoms with van der Waals surface area (Å²) in [6, 6.07) is 5.60. The maximum absolute atomic E-state index is 10.6. The first kappa shape index (κ1) is 16.3. The highest BCUT2D eigenvalue weighted by molar-refractivity contribution is 5.67. The molecule has 4 nitrogen and oxygen atoms in total. The van der Waals surface area contributed by atoms with E-state index in [0.29, 0.717) is 18.8 Å². The second-order valence-corrected chi connectivity index (χ2v) is 4.79. The Morgan fingerprint density at radius 2 is 2.00 bits per heavy atom. The lowest BCUT2D eigenvalue weighted by atomic mass is 10.1. The van der Waals surface area contributed by atoms with Crippen LogP contribution in [0.1, 0.15) is 44.6 Å². The Morgan fingerprint density at radius 1 is 1.20 bits per heavy atom. The number of aliphatic carboxylic acids is 1. The fraction of sp³-hybridized carbons (Fsp3) is 0.562.